The van der Waals surface area contributed by atoms with Gasteiger partial charge in [0.25, 0.3) is 0 Å². The Hall–Kier alpha value is -0.570. The van der Waals surface area contributed by atoms with Crippen LogP contribution in [0.25, 0.3) is 0 Å². The Morgan fingerprint density at radius 1 is 1.62 bits per heavy atom. The minimum Gasteiger partial charge on any atom is -0.356 e. The standard InChI is InChI=1S/C10H20N2O/c1-8(11)7-10(13)12-6-2-3-9-4-5-9/h8-9H,2-7,11H2,1H3,(H,12,13). The molecule has 13 heavy (non-hydrogen) atoms. The van der Waals surface area contributed by atoms with Crippen molar-refractivity contribution in [2.45, 2.75) is 45.1 Å². The second-order valence-electron chi connectivity index (χ2n) is 4.12. The maximum atomic E-state index is 11.1. The lowest BCUT2D eigenvalue weighted by Gasteiger charge is -2.06. The molecule has 0 spiro atoms. The van der Waals surface area contributed by atoms with Gasteiger partial charge in [-0.3, -0.25) is 4.79 Å². The van der Waals surface area contributed by atoms with Crippen molar-refractivity contribution < 1.29 is 4.79 Å². The summed E-state index contributed by atoms with van der Waals surface area (Å²) >= 11 is 0. The van der Waals surface area contributed by atoms with E-state index in [1.807, 2.05) is 6.92 Å². The smallest absolute Gasteiger partial charge is 0.221 e. The highest BCUT2D eigenvalue weighted by Crippen LogP contribution is 2.33. The normalized spacial score (nSPS) is 18.3. The molecule has 0 aliphatic heterocycles. The van der Waals surface area contributed by atoms with E-state index in [0.717, 1.165) is 18.9 Å². The summed E-state index contributed by atoms with van der Waals surface area (Å²) in [6.07, 6.45) is 5.64. The van der Waals surface area contributed by atoms with Crippen molar-refractivity contribution in [2.75, 3.05) is 6.54 Å². The molecule has 76 valence electrons. The summed E-state index contributed by atoms with van der Waals surface area (Å²) in [5.74, 6) is 1.05. The van der Waals surface area contributed by atoms with E-state index >= 15 is 0 Å². The summed E-state index contributed by atoms with van der Waals surface area (Å²) in [6.45, 7) is 2.67. The van der Waals surface area contributed by atoms with Crippen molar-refractivity contribution in [3.05, 3.63) is 0 Å². The van der Waals surface area contributed by atoms with E-state index in [-0.39, 0.29) is 11.9 Å². The molecule has 0 aromatic heterocycles. The van der Waals surface area contributed by atoms with Crippen LogP contribution in [0.15, 0.2) is 0 Å². The fourth-order valence-electron chi connectivity index (χ4n) is 1.39. The van der Waals surface area contributed by atoms with Gasteiger partial charge in [0.2, 0.25) is 5.91 Å². The third-order valence-corrected chi connectivity index (χ3v) is 2.32. The van der Waals surface area contributed by atoms with Gasteiger partial charge in [0.1, 0.15) is 0 Å². The molecule has 0 aromatic carbocycles. The molecular formula is C10H20N2O. The molecule has 1 saturated carbocycles. The van der Waals surface area contributed by atoms with Crippen LogP contribution < -0.4 is 11.1 Å². The summed E-state index contributed by atoms with van der Waals surface area (Å²) in [7, 11) is 0. The molecule has 1 atom stereocenters. The second-order valence-corrected chi connectivity index (χ2v) is 4.12. The first-order chi connectivity index (χ1) is 6.18. The van der Waals surface area contributed by atoms with Crippen LogP contribution in [0.3, 0.4) is 0 Å². The second kappa shape index (κ2) is 5.22. The molecule has 0 aromatic rings. The fraction of sp³-hybridized carbons (Fsp3) is 0.900. The van der Waals surface area contributed by atoms with E-state index in [4.69, 9.17) is 5.73 Å². The summed E-state index contributed by atoms with van der Waals surface area (Å²) in [5.41, 5.74) is 5.49. The molecule has 0 bridgehead atoms. The number of hydrogen-bond donors (Lipinski definition) is 2. The van der Waals surface area contributed by atoms with E-state index in [9.17, 15) is 4.79 Å². The highest BCUT2D eigenvalue weighted by Gasteiger charge is 2.20. The maximum Gasteiger partial charge on any atom is 0.221 e. The summed E-state index contributed by atoms with van der Waals surface area (Å²) in [6, 6.07) is -0.0246. The SMILES string of the molecule is CC(N)CC(=O)NCCCC1CC1. The van der Waals surface area contributed by atoms with Gasteiger partial charge in [-0.15, -0.1) is 0 Å². The summed E-state index contributed by atoms with van der Waals surface area (Å²) in [4.78, 5) is 11.1. The van der Waals surface area contributed by atoms with Gasteiger partial charge in [-0.25, -0.2) is 0 Å². The highest BCUT2D eigenvalue weighted by atomic mass is 16.1. The largest absolute Gasteiger partial charge is 0.356 e. The highest BCUT2D eigenvalue weighted by molar-refractivity contribution is 5.76. The van der Waals surface area contributed by atoms with Crippen LogP contribution in [0.5, 0.6) is 0 Å². The molecule has 3 N–H and O–H groups in total. The van der Waals surface area contributed by atoms with Gasteiger partial charge >= 0.3 is 0 Å². The Balaban J connectivity index is 1.88. The van der Waals surface area contributed by atoms with Crippen molar-refractivity contribution in [2.24, 2.45) is 11.7 Å². The summed E-state index contributed by atoms with van der Waals surface area (Å²) in [5, 5.41) is 2.88. The van der Waals surface area contributed by atoms with Crippen molar-refractivity contribution >= 4 is 5.91 Å². The first-order valence-electron chi connectivity index (χ1n) is 5.20. The van der Waals surface area contributed by atoms with Crippen molar-refractivity contribution in [1.82, 2.24) is 5.32 Å². The van der Waals surface area contributed by atoms with Crippen molar-refractivity contribution in [3.63, 3.8) is 0 Å². The zero-order valence-electron chi connectivity index (χ0n) is 8.38. The van der Waals surface area contributed by atoms with Gasteiger partial charge in [0.05, 0.1) is 0 Å². The van der Waals surface area contributed by atoms with Crippen molar-refractivity contribution in [3.8, 4) is 0 Å². The zero-order chi connectivity index (χ0) is 9.68. The molecule has 0 saturated heterocycles. The molecule has 1 aliphatic rings. The van der Waals surface area contributed by atoms with Crippen LogP contribution in [0.4, 0.5) is 0 Å². The number of rotatable bonds is 6. The van der Waals surface area contributed by atoms with Crippen molar-refractivity contribution in [1.29, 1.82) is 0 Å². The van der Waals surface area contributed by atoms with E-state index in [0.29, 0.717) is 6.42 Å². The third-order valence-electron chi connectivity index (χ3n) is 2.32. The number of nitrogens with one attached hydrogen (secondary N) is 1. The molecular weight excluding hydrogens is 164 g/mol. The van der Waals surface area contributed by atoms with Gasteiger partial charge < -0.3 is 11.1 Å². The predicted octanol–water partition coefficient (Wildman–Crippen LogP) is 1.03. The van der Waals surface area contributed by atoms with Crippen LogP contribution in [-0.2, 0) is 4.79 Å². The van der Waals surface area contributed by atoms with E-state index < -0.39 is 0 Å². The van der Waals surface area contributed by atoms with Crippen LogP contribution in [0, 0.1) is 5.92 Å². The molecule has 1 aliphatic carbocycles. The third kappa shape index (κ3) is 5.64. The Bertz CT molecular complexity index is 164. The van der Waals surface area contributed by atoms with E-state index in [1.54, 1.807) is 0 Å². The first-order valence-corrected chi connectivity index (χ1v) is 5.20. The number of amides is 1. The zero-order valence-corrected chi connectivity index (χ0v) is 8.38. The van der Waals surface area contributed by atoms with Gasteiger partial charge in [-0.2, -0.15) is 0 Å². The molecule has 1 fully saturated rings. The maximum absolute atomic E-state index is 11.1. The molecule has 1 amide bonds. The Labute approximate surface area is 80.1 Å². The predicted molar refractivity (Wildman–Crippen MR) is 53.2 cm³/mol. The Morgan fingerprint density at radius 2 is 2.31 bits per heavy atom. The fourth-order valence-corrected chi connectivity index (χ4v) is 1.39. The molecule has 3 heteroatoms. The van der Waals surface area contributed by atoms with Crippen LogP contribution >= 0.6 is 0 Å². The quantitative estimate of drug-likeness (QED) is 0.606. The monoisotopic (exact) mass is 184 g/mol. The molecule has 1 rings (SSSR count). The number of hydrogen-bond acceptors (Lipinski definition) is 2. The molecule has 0 radical (unpaired) electrons. The Morgan fingerprint density at radius 3 is 2.85 bits per heavy atom. The van der Waals surface area contributed by atoms with Gasteiger partial charge in [0, 0.05) is 19.0 Å². The van der Waals surface area contributed by atoms with E-state index in [1.165, 1.54) is 19.3 Å². The van der Waals surface area contributed by atoms with Gasteiger partial charge in [-0.1, -0.05) is 12.8 Å². The minimum absolute atomic E-state index is 0.0246. The molecule has 3 nitrogen and oxygen atoms in total. The summed E-state index contributed by atoms with van der Waals surface area (Å²) < 4.78 is 0. The molecule has 0 heterocycles. The van der Waals surface area contributed by atoms with Gasteiger partial charge in [-0.05, 0) is 25.7 Å². The number of nitrogens with two attached hydrogens (primary N) is 1. The lowest BCUT2D eigenvalue weighted by molar-refractivity contribution is -0.121. The molecule has 1 unspecified atom stereocenters. The van der Waals surface area contributed by atoms with Crippen LogP contribution in [-0.4, -0.2) is 18.5 Å². The van der Waals surface area contributed by atoms with Gasteiger partial charge in [0.15, 0.2) is 0 Å². The Kier molecular flexibility index (Phi) is 4.22. The number of carbonyl (C=O) groups excluding carboxylic acids is 1. The topological polar surface area (TPSA) is 55.1 Å². The van der Waals surface area contributed by atoms with Crippen LogP contribution in [0.1, 0.15) is 39.0 Å². The number of carbonyl (C=O) groups is 1. The lowest BCUT2D eigenvalue weighted by atomic mass is 10.2. The first kappa shape index (κ1) is 10.5. The van der Waals surface area contributed by atoms with Crippen LogP contribution in [0.2, 0.25) is 0 Å². The van der Waals surface area contributed by atoms with E-state index in [2.05, 4.69) is 5.32 Å². The average Bonchev–Trinajstić information content (AvgIpc) is 2.80. The lowest BCUT2D eigenvalue weighted by Crippen LogP contribution is -2.30. The minimum atomic E-state index is -0.0246. The average molecular weight is 184 g/mol.